The van der Waals surface area contributed by atoms with Crippen LogP contribution < -0.4 is 5.14 Å². The van der Waals surface area contributed by atoms with E-state index in [0.29, 0.717) is 6.54 Å². The van der Waals surface area contributed by atoms with E-state index in [-0.39, 0.29) is 21.8 Å². The molecule has 2 rings (SSSR count). The molecule has 6 nitrogen and oxygen atoms in total. The van der Waals surface area contributed by atoms with Crippen LogP contribution in [0.2, 0.25) is 0 Å². The highest BCUT2D eigenvalue weighted by atomic mass is 32.2. The topological polar surface area (TPSA) is 97.5 Å². The summed E-state index contributed by atoms with van der Waals surface area (Å²) in [7, 11) is -7.96. The van der Waals surface area contributed by atoms with Crippen LogP contribution in [0.3, 0.4) is 0 Å². The zero-order valence-electron chi connectivity index (χ0n) is 12.1. The average Bonchev–Trinajstić information content (AvgIpc) is 3.18. The summed E-state index contributed by atoms with van der Waals surface area (Å²) in [6.07, 6.45) is 1.62. The van der Waals surface area contributed by atoms with E-state index in [2.05, 4.69) is 0 Å². The van der Waals surface area contributed by atoms with E-state index in [1.165, 1.54) is 28.6 Å². The van der Waals surface area contributed by atoms with Gasteiger partial charge in [-0.2, -0.15) is 4.31 Å². The molecule has 1 aliphatic carbocycles. The summed E-state index contributed by atoms with van der Waals surface area (Å²) in [5.41, 5.74) is 0. The summed E-state index contributed by atoms with van der Waals surface area (Å²) < 4.78 is 50.3. The number of nitrogens with zero attached hydrogens (tertiary/aromatic N) is 1. The van der Waals surface area contributed by atoms with Gasteiger partial charge in [-0.25, -0.2) is 22.0 Å². The van der Waals surface area contributed by atoms with E-state index in [1.807, 2.05) is 13.8 Å². The molecule has 1 saturated carbocycles. The fourth-order valence-corrected chi connectivity index (χ4v) is 5.39. The summed E-state index contributed by atoms with van der Waals surface area (Å²) >= 11 is 0. The Labute approximate surface area is 126 Å². The van der Waals surface area contributed by atoms with Gasteiger partial charge < -0.3 is 0 Å². The molecule has 0 aliphatic heterocycles. The maximum absolute atomic E-state index is 12.8. The summed E-state index contributed by atoms with van der Waals surface area (Å²) in [4.78, 5) is -0.584. The van der Waals surface area contributed by atoms with E-state index >= 15 is 0 Å². The molecule has 1 aliphatic rings. The third-order valence-corrected chi connectivity index (χ3v) is 6.32. The minimum Gasteiger partial charge on any atom is -0.225 e. The normalized spacial score (nSPS) is 16.6. The number of primary sulfonamides is 1. The lowest BCUT2D eigenvalue weighted by atomic mass is 10.2. The molecule has 0 bridgehead atoms. The van der Waals surface area contributed by atoms with Crippen molar-refractivity contribution in [1.29, 1.82) is 0 Å². The largest absolute Gasteiger partial charge is 0.244 e. The van der Waals surface area contributed by atoms with Crippen LogP contribution in [0.4, 0.5) is 0 Å². The monoisotopic (exact) mass is 332 g/mol. The van der Waals surface area contributed by atoms with Gasteiger partial charge in [-0.05, 0) is 30.9 Å². The van der Waals surface area contributed by atoms with Crippen molar-refractivity contribution in [3.8, 4) is 0 Å². The Hall–Kier alpha value is -0.960. The van der Waals surface area contributed by atoms with Gasteiger partial charge in [0.05, 0.1) is 0 Å². The predicted octanol–water partition coefficient (Wildman–Crippen LogP) is 1.14. The summed E-state index contributed by atoms with van der Waals surface area (Å²) in [6, 6.07) is 5.45. The number of nitrogens with two attached hydrogens (primary N) is 1. The van der Waals surface area contributed by atoms with Gasteiger partial charge in [-0.3, -0.25) is 0 Å². The first kappa shape index (κ1) is 16.4. The summed E-state index contributed by atoms with van der Waals surface area (Å²) in [6.45, 7) is 4.22. The van der Waals surface area contributed by atoms with E-state index in [0.717, 1.165) is 12.8 Å². The van der Waals surface area contributed by atoms with Gasteiger partial charge in [-0.15, -0.1) is 0 Å². The second kappa shape index (κ2) is 5.68. The first-order chi connectivity index (χ1) is 9.64. The van der Waals surface area contributed by atoms with Crippen LogP contribution >= 0.6 is 0 Å². The van der Waals surface area contributed by atoms with Crippen molar-refractivity contribution in [2.45, 2.75) is 42.5 Å². The molecule has 0 spiro atoms. The lowest BCUT2D eigenvalue weighted by Crippen LogP contribution is -2.37. The van der Waals surface area contributed by atoms with Crippen molar-refractivity contribution >= 4 is 20.0 Å². The maximum atomic E-state index is 12.8. The van der Waals surface area contributed by atoms with Crippen LogP contribution in [0, 0.1) is 5.92 Å². The van der Waals surface area contributed by atoms with Gasteiger partial charge in [0, 0.05) is 12.6 Å². The number of benzene rings is 1. The molecule has 1 aromatic carbocycles. The van der Waals surface area contributed by atoms with Gasteiger partial charge in [-0.1, -0.05) is 26.0 Å². The first-order valence-electron chi connectivity index (χ1n) is 6.77. The molecule has 2 N–H and O–H groups in total. The number of hydrogen-bond donors (Lipinski definition) is 1. The molecule has 0 saturated heterocycles. The van der Waals surface area contributed by atoms with Crippen molar-refractivity contribution in [3.05, 3.63) is 24.3 Å². The van der Waals surface area contributed by atoms with Crippen LogP contribution in [-0.2, 0) is 20.0 Å². The highest BCUT2D eigenvalue weighted by Crippen LogP contribution is 2.34. The van der Waals surface area contributed by atoms with Gasteiger partial charge in [0.25, 0.3) is 0 Å². The first-order valence-corrected chi connectivity index (χ1v) is 9.76. The van der Waals surface area contributed by atoms with Crippen molar-refractivity contribution in [1.82, 2.24) is 4.31 Å². The molecule has 0 radical (unpaired) electrons. The molecular weight excluding hydrogens is 312 g/mol. The highest BCUT2D eigenvalue weighted by Gasteiger charge is 2.40. The number of hydrogen-bond acceptors (Lipinski definition) is 4. The molecule has 0 unspecified atom stereocenters. The Morgan fingerprint density at radius 1 is 1.14 bits per heavy atom. The molecule has 118 valence electrons. The molecule has 21 heavy (non-hydrogen) atoms. The van der Waals surface area contributed by atoms with E-state index < -0.39 is 20.0 Å². The van der Waals surface area contributed by atoms with E-state index in [4.69, 9.17) is 5.14 Å². The fraction of sp³-hybridized carbons (Fsp3) is 0.538. The molecule has 1 aromatic rings. The second-order valence-corrected chi connectivity index (χ2v) is 9.08. The fourth-order valence-electron chi connectivity index (χ4n) is 2.19. The Morgan fingerprint density at radius 2 is 1.67 bits per heavy atom. The third kappa shape index (κ3) is 3.63. The summed E-state index contributed by atoms with van der Waals surface area (Å²) in [5, 5.41) is 5.14. The molecular formula is C13H20N2O4S2. The molecule has 0 aromatic heterocycles. The van der Waals surface area contributed by atoms with Gasteiger partial charge in [0.2, 0.25) is 20.0 Å². The Balaban J connectivity index is 2.53. The van der Waals surface area contributed by atoms with Gasteiger partial charge in [0.15, 0.2) is 0 Å². The smallest absolute Gasteiger partial charge is 0.225 e. The quantitative estimate of drug-likeness (QED) is 0.844. The zero-order chi connectivity index (χ0) is 15.8. The highest BCUT2D eigenvalue weighted by molar-refractivity contribution is 7.92. The van der Waals surface area contributed by atoms with Crippen LogP contribution in [0.1, 0.15) is 26.7 Å². The third-order valence-electron chi connectivity index (χ3n) is 3.24. The number of sulfonamides is 2. The van der Waals surface area contributed by atoms with Crippen LogP contribution in [-0.4, -0.2) is 33.7 Å². The lowest BCUT2D eigenvalue weighted by Gasteiger charge is -2.24. The van der Waals surface area contributed by atoms with Crippen LogP contribution in [0.5, 0.6) is 0 Å². The maximum Gasteiger partial charge on any atom is 0.244 e. The minimum absolute atomic E-state index is 0.0362. The standard InChI is InChI=1S/C13H20N2O4S2/c1-10(2)9-15(11-7-8-11)21(18,19)13-6-4-3-5-12(13)20(14,16)17/h3-6,10-11H,7-9H2,1-2H3,(H2,14,16,17). The lowest BCUT2D eigenvalue weighted by molar-refractivity contribution is 0.359. The Bertz CT molecular complexity index is 722. The molecule has 1 fully saturated rings. The van der Waals surface area contributed by atoms with E-state index in [1.54, 1.807) is 0 Å². The molecule has 0 atom stereocenters. The summed E-state index contributed by atoms with van der Waals surface area (Å²) in [5.74, 6) is 0.155. The SMILES string of the molecule is CC(C)CN(C1CC1)S(=O)(=O)c1ccccc1S(N)(=O)=O. The minimum atomic E-state index is -4.09. The van der Waals surface area contributed by atoms with Crippen molar-refractivity contribution < 1.29 is 16.8 Å². The average molecular weight is 332 g/mol. The van der Waals surface area contributed by atoms with E-state index in [9.17, 15) is 16.8 Å². The van der Waals surface area contributed by atoms with Gasteiger partial charge >= 0.3 is 0 Å². The van der Waals surface area contributed by atoms with Gasteiger partial charge in [0.1, 0.15) is 9.79 Å². The molecule has 8 heteroatoms. The van der Waals surface area contributed by atoms with Crippen LogP contribution in [0.25, 0.3) is 0 Å². The molecule has 0 heterocycles. The van der Waals surface area contributed by atoms with Crippen LogP contribution in [0.15, 0.2) is 34.1 Å². The Kier molecular flexibility index (Phi) is 4.44. The predicted molar refractivity (Wildman–Crippen MR) is 79.6 cm³/mol. The zero-order valence-corrected chi connectivity index (χ0v) is 13.7. The second-order valence-electron chi connectivity index (χ2n) is 5.69. The van der Waals surface area contributed by atoms with Crippen molar-refractivity contribution in [3.63, 3.8) is 0 Å². The molecule has 0 amide bonds. The van der Waals surface area contributed by atoms with Crippen molar-refractivity contribution in [2.75, 3.05) is 6.54 Å². The number of rotatable bonds is 6. The Morgan fingerprint density at radius 3 is 2.10 bits per heavy atom. The van der Waals surface area contributed by atoms with Crippen molar-refractivity contribution in [2.24, 2.45) is 11.1 Å².